The summed E-state index contributed by atoms with van der Waals surface area (Å²) in [5, 5.41) is 14.9. The van der Waals surface area contributed by atoms with Gasteiger partial charge in [0.1, 0.15) is 0 Å². The SMILES string of the molecule is CCOc1cc(/C=N/NS(=O)(=O)c2ccc(Br)cc2)cc([N+](=O)[O-])c1OC. The molecule has 1 N–H and O–H groups in total. The van der Waals surface area contributed by atoms with Crippen LogP contribution in [-0.2, 0) is 10.0 Å². The summed E-state index contributed by atoms with van der Waals surface area (Å²) in [6.07, 6.45) is 1.14. The van der Waals surface area contributed by atoms with Crippen LogP contribution >= 0.6 is 15.9 Å². The Balaban J connectivity index is 2.30. The molecule has 0 atom stereocenters. The normalized spacial score (nSPS) is 11.4. The maximum absolute atomic E-state index is 12.2. The average Bonchev–Trinajstić information content (AvgIpc) is 2.61. The summed E-state index contributed by atoms with van der Waals surface area (Å²) in [6.45, 7) is 1.99. The third kappa shape index (κ3) is 5.17. The number of nitro groups is 1. The molecule has 27 heavy (non-hydrogen) atoms. The standard InChI is InChI=1S/C16H16BrN3O6S/c1-3-26-15-9-11(8-14(20(21)22)16(15)25-2)10-18-19-27(23,24)13-6-4-12(17)5-7-13/h4-10,19H,3H2,1-2H3/b18-10+. The van der Waals surface area contributed by atoms with Crippen molar-refractivity contribution in [1.82, 2.24) is 4.83 Å². The van der Waals surface area contributed by atoms with Crippen molar-refractivity contribution in [2.75, 3.05) is 13.7 Å². The van der Waals surface area contributed by atoms with Crippen molar-refractivity contribution in [3.05, 3.63) is 56.5 Å². The van der Waals surface area contributed by atoms with Crippen molar-refractivity contribution in [2.24, 2.45) is 5.10 Å². The lowest BCUT2D eigenvalue weighted by molar-refractivity contribution is -0.385. The van der Waals surface area contributed by atoms with Crippen LogP contribution in [0, 0.1) is 10.1 Å². The van der Waals surface area contributed by atoms with Gasteiger partial charge in [0.25, 0.3) is 10.0 Å². The van der Waals surface area contributed by atoms with E-state index in [4.69, 9.17) is 9.47 Å². The number of hydrogen-bond acceptors (Lipinski definition) is 7. The van der Waals surface area contributed by atoms with Crippen LogP contribution in [0.15, 0.2) is 50.9 Å². The first-order chi connectivity index (χ1) is 12.8. The summed E-state index contributed by atoms with van der Waals surface area (Å²) in [6, 6.07) is 8.66. The minimum absolute atomic E-state index is 0.0190. The number of ether oxygens (including phenoxy) is 2. The van der Waals surface area contributed by atoms with E-state index in [0.717, 1.165) is 10.7 Å². The van der Waals surface area contributed by atoms with Gasteiger partial charge in [-0.2, -0.15) is 13.5 Å². The highest BCUT2D eigenvalue weighted by atomic mass is 79.9. The molecular formula is C16H16BrN3O6S. The highest BCUT2D eigenvalue weighted by Crippen LogP contribution is 2.37. The minimum Gasteiger partial charge on any atom is -0.490 e. The number of hydrogen-bond donors (Lipinski definition) is 1. The van der Waals surface area contributed by atoms with Crippen molar-refractivity contribution in [2.45, 2.75) is 11.8 Å². The second-order valence-corrected chi connectivity index (χ2v) is 7.64. The van der Waals surface area contributed by atoms with Gasteiger partial charge in [-0.25, -0.2) is 4.83 Å². The predicted octanol–water partition coefficient (Wildman–Crippen LogP) is 3.08. The topological polar surface area (TPSA) is 120 Å². The third-order valence-corrected chi connectivity index (χ3v) is 5.04. The lowest BCUT2D eigenvalue weighted by atomic mass is 10.2. The van der Waals surface area contributed by atoms with Crippen LogP contribution in [0.4, 0.5) is 5.69 Å². The summed E-state index contributed by atoms with van der Waals surface area (Å²) < 4.78 is 35.5. The van der Waals surface area contributed by atoms with Crippen LogP contribution in [-0.4, -0.2) is 33.3 Å². The van der Waals surface area contributed by atoms with E-state index in [1.807, 2.05) is 0 Å². The van der Waals surface area contributed by atoms with Gasteiger partial charge in [-0.05, 0) is 37.3 Å². The van der Waals surface area contributed by atoms with Crippen molar-refractivity contribution in [3.8, 4) is 11.5 Å². The highest BCUT2D eigenvalue weighted by molar-refractivity contribution is 9.10. The molecule has 0 unspecified atom stereocenters. The fourth-order valence-electron chi connectivity index (χ4n) is 2.12. The minimum atomic E-state index is -3.87. The summed E-state index contributed by atoms with van der Waals surface area (Å²) in [5.41, 5.74) is -0.0508. The Hall–Kier alpha value is -2.66. The lowest BCUT2D eigenvalue weighted by Gasteiger charge is -2.10. The molecule has 2 aromatic carbocycles. The van der Waals surface area contributed by atoms with Crippen LogP contribution in [0.1, 0.15) is 12.5 Å². The zero-order chi connectivity index (χ0) is 20.0. The van der Waals surface area contributed by atoms with Crippen LogP contribution in [0.25, 0.3) is 0 Å². The Morgan fingerprint density at radius 3 is 2.52 bits per heavy atom. The number of nitro benzene ring substituents is 1. The second kappa shape index (κ2) is 8.82. The van der Waals surface area contributed by atoms with E-state index in [1.54, 1.807) is 19.1 Å². The van der Waals surface area contributed by atoms with E-state index in [2.05, 4.69) is 25.9 Å². The molecule has 2 rings (SSSR count). The summed E-state index contributed by atoms with van der Waals surface area (Å²) in [4.78, 5) is 12.7. The van der Waals surface area contributed by atoms with Crippen molar-refractivity contribution in [3.63, 3.8) is 0 Å². The number of sulfonamides is 1. The molecule has 0 radical (unpaired) electrons. The third-order valence-electron chi connectivity index (χ3n) is 3.27. The van der Waals surface area contributed by atoms with Crippen LogP contribution in [0.3, 0.4) is 0 Å². The quantitative estimate of drug-likeness (QED) is 0.369. The van der Waals surface area contributed by atoms with Crippen LogP contribution in [0.2, 0.25) is 0 Å². The molecule has 0 spiro atoms. The summed E-state index contributed by atoms with van der Waals surface area (Å²) in [5.74, 6) is 0.140. The Morgan fingerprint density at radius 1 is 1.30 bits per heavy atom. The molecule has 11 heteroatoms. The van der Waals surface area contributed by atoms with Crippen molar-refractivity contribution in [1.29, 1.82) is 0 Å². The lowest BCUT2D eigenvalue weighted by Crippen LogP contribution is -2.18. The van der Waals surface area contributed by atoms with Gasteiger partial charge in [-0.15, -0.1) is 0 Å². The molecular weight excluding hydrogens is 442 g/mol. The number of benzene rings is 2. The van der Waals surface area contributed by atoms with Gasteiger partial charge in [0.05, 0.1) is 29.8 Å². The second-order valence-electron chi connectivity index (χ2n) is 5.07. The molecule has 0 saturated carbocycles. The predicted molar refractivity (Wildman–Crippen MR) is 103 cm³/mol. The Bertz CT molecular complexity index is 961. The van der Waals surface area contributed by atoms with E-state index in [0.29, 0.717) is 0 Å². The van der Waals surface area contributed by atoms with Crippen molar-refractivity contribution < 1.29 is 22.8 Å². The maximum atomic E-state index is 12.2. The molecule has 0 bridgehead atoms. The van der Waals surface area contributed by atoms with Gasteiger partial charge < -0.3 is 9.47 Å². The molecule has 0 saturated heterocycles. The fourth-order valence-corrected chi connectivity index (χ4v) is 3.18. The Labute approximate surface area is 164 Å². The van der Waals surface area contributed by atoms with Gasteiger partial charge >= 0.3 is 5.69 Å². The molecule has 0 aliphatic heterocycles. The van der Waals surface area contributed by atoms with E-state index in [-0.39, 0.29) is 34.3 Å². The Morgan fingerprint density at radius 2 is 1.96 bits per heavy atom. The number of halogens is 1. The molecule has 2 aromatic rings. The van der Waals surface area contributed by atoms with E-state index in [1.165, 1.54) is 31.4 Å². The van der Waals surface area contributed by atoms with Crippen LogP contribution < -0.4 is 14.3 Å². The largest absolute Gasteiger partial charge is 0.490 e. The smallest absolute Gasteiger partial charge is 0.315 e. The monoisotopic (exact) mass is 457 g/mol. The molecule has 0 heterocycles. The average molecular weight is 458 g/mol. The van der Waals surface area contributed by atoms with Gasteiger partial charge in [-0.3, -0.25) is 10.1 Å². The number of hydrazone groups is 1. The first kappa shape index (κ1) is 20.6. The number of rotatable bonds is 8. The first-order valence-corrected chi connectivity index (χ1v) is 9.85. The van der Waals surface area contributed by atoms with Crippen molar-refractivity contribution >= 4 is 37.9 Å². The van der Waals surface area contributed by atoms with Gasteiger partial charge in [-0.1, -0.05) is 15.9 Å². The zero-order valence-electron chi connectivity index (χ0n) is 14.4. The van der Waals surface area contributed by atoms with Crippen LogP contribution in [0.5, 0.6) is 11.5 Å². The number of nitrogens with one attached hydrogen (secondary N) is 1. The molecule has 0 aromatic heterocycles. The molecule has 0 amide bonds. The molecule has 9 nitrogen and oxygen atoms in total. The molecule has 0 aliphatic carbocycles. The zero-order valence-corrected chi connectivity index (χ0v) is 16.8. The molecule has 0 aliphatic rings. The summed E-state index contributed by atoms with van der Waals surface area (Å²) >= 11 is 3.22. The molecule has 144 valence electrons. The van der Waals surface area contributed by atoms with E-state index in [9.17, 15) is 18.5 Å². The molecule has 0 fully saturated rings. The van der Waals surface area contributed by atoms with Gasteiger partial charge in [0.2, 0.25) is 5.75 Å². The Kier molecular flexibility index (Phi) is 6.75. The fraction of sp³-hybridized carbons (Fsp3) is 0.188. The van der Waals surface area contributed by atoms with E-state index >= 15 is 0 Å². The first-order valence-electron chi connectivity index (χ1n) is 7.58. The summed E-state index contributed by atoms with van der Waals surface area (Å²) in [7, 11) is -2.57. The highest BCUT2D eigenvalue weighted by Gasteiger charge is 2.21. The number of nitrogens with zero attached hydrogens (tertiary/aromatic N) is 2. The van der Waals surface area contributed by atoms with Gasteiger partial charge in [0.15, 0.2) is 5.75 Å². The maximum Gasteiger partial charge on any atom is 0.315 e. The van der Waals surface area contributed by atoms with Gasteiger partial charge in [0, 0.05) is 16.1 Å². The van der Waals surface area contributed by atoms with E-state index < -0.39 is 14.9 Å². The number of methoxy groups -OCH3 is 1.